The highest BCUT2D eigenvalue weighted by atomic mass is 79.9. The lowest BCUT2D eigenvalue weighted by atomic mass is 10.2. The summed E-state index contributed by atoms with van der Waals surface area (Å²) in [6, 6.07) is 12.0. The summed E-state index contributed by atoms with van der Waals surface area (Å²) in [6.07, 6.45) is 1.72. The summed E-state index contributed by atoms with van der Waals surface area (Å²) in [5.74, 6) is -0.810. The summed E-state index contributed by atoms with van der Waals surface area (Å²) in [5, 5.41) is 7.71. The normalized spacial score (nSPS) is 16.8. The van der Waals surface area contributed by atoms with Crippen molar-refractivity contribution in [1.82, 2.24) is 4.90 Å². The van der Waals surface area contributed by atoms with Crippen LogP contribution in [0.25, 0.3) is 6.08 Å². The van der Waals surface area contributed by atoms with Crippen LogP contribution in [-0.4, -0.2) is 35.5 Å². The van der Waals surface area contributed by atoms with E-state index >= 15 is 0 Å². The molecule has 0 aliphatic carbocycles. The average Bonchev–Trinajstić information content (AvgIpc) is 2.94. The van der Waals surface area contributed by atoms with Crippen LogP contribution in [-0.2, 0) is 19.6 Å². The predicted molar refractivity (Wildman–Crippen MR) is 125 cm³/mol. The number of benzene rings is 2. The molecular weight excluding hydrogens is 510 g/mol. The van der Waals surface area contributed by atoms with E-state index in [1.807, 2.05) is 24.3 Å². The van der Waals surface area contributed by atoms with Crippen LogP contribution in [0, 0.1) is 0 Å². The molecule has 0 spiro atoms. The van der Waals surface area contributed by atoms with E-state index < -0.39 is 22.0 Å². The van der Waals surface area contributed by atoms with Crippen LogP contribution in [0.3, 0.4) is 0 Å². The van der Waals surface area contributed by atoms with E-state index in [4.69, 9.17) is 17.4 Å². The number of carbonyl (C=O) groups excluding carboxylic acids is 2. The monoisotopic (exact) mass is 525 g/mol. The Labute approximate surface area is 191 Å². The van der Waals surface area contributed by atoms with Gasteiger partial charge in [0.05, 0.1) is 9.80 Å². The lowest BCUT2D eigenvalue weighted by Crippen LogP contribution is -2.44. The Bertz CT molecular complexity index is 1160. The Morgan fingerprint density at radius 1 is 1.27 bits per heavy atom. The highest BCUT2D eigenvalue weighted by Crippen LogP contribution is 2.34. The summed E-state index contributed by atoms with van der Waals surface area (Å²) in [7, 11) is -3.82. The molecule has 1 atom stereocenters. The van der Waals surface area contributed by atoms with Gasteiger partial charge in [0.2, 0.25) is 15.9 Å². The molecule has 2 aromatic carbocycles. The molecule has 1 aliphatic rings. The number of thiocarbonyl (C=S) groups is 1. The molecule has 156 valence electrons. The first kappa shape index (κ1) is 22.6. The number of nitrogens with two attached hydrogens (primary N) is 1. The van der Waals surface area contributed by atoms with Crippen LogP contribution in [0.2, 0.25) is 0 Å². The van der Waals surface area contributed by atoms with Crippen molar-refractivity contribution in [3.63, 3.8) is 0 Å². The standard InChI is InChI=1S/C19H16BrN3O4S3/c1-11(17(24)22-14-5-7-15(8-6-14)30(21,26)27)23-18(25)16(29-19(23)28)10-12-3-2-4-13(20)9-12/h2-11H,1H3,(H,22,24)(H2,21,26,27)/b16-10-. The maximum atomic E-state index is 12.8. The van der Waals surface area contributed by atoms with E-state index in [0.29, 0.717) is 10.6 Å². The minimum atomic E-state index is -3.82. The maximum Gasteiger partial charge on any atom is 0.266 e. The van der Waals surface area contributed by atoms with E-state index in [1.165, 1.54) is 29.2 Å². The summed E-state index contributed by atoms with van der Waals surface area (Å²) in [4.78, 5) is 27.1. The summed E-state index contributed by atoms with van der Waals surface area (Å²) >= 11 is 9.83. The number of hydrogen-bond acceptors (Lipinski definition) is 6. The highest BCUT2D eigenvalue weighted by molar-refractivity contribution is 9.10. The van der Waals surface area contributed by atoms with Crippen molar-refractivity contribution in [2.45, 2.75) is 17.9 Å². The van der Waals surface area contributed by atoms with E-state index in [9.17, 15) is 18.0 Å². The third-order valence-corrected chi connectivity index (χ3v) is 6.94. The van der Waals surface area contributed by atoms with Crippen molar-refractivity contribution in [2.24, 2.45) is 5.14 Å². The second kappa shape index (κ2) is 8.98. The first-order chi connectivity index (χ1) is 14.1. The molecule has 0 radical (unpaired) electrons. The van der Waals surface area contributed by atoms with Crippen LogP contribution in [0.15, 0.2) is 62.8 Å². The number of nitrogens with one attached hydrogen (secondary N) is 1. The van der Waals surface area contributed by atoms with Crippen molar-refractivity contribution in [3.05, 3.63) is 63.5 Å². The number of anilines is 1. The molecule has 11 heteroatoms. The molecule has 7 nitrogen and oxygen atoms in total. The third-order valence-electron chi connectivity index (χ3n) is 4.19. The number of rotatable bonds is 5. The van der Waals surface area contributed by atoms with Gasteiger partial charge in [-0.2, -0.15) is 0 Å². The van der Waals surface area contributed by atoms with Gasteiger partial charge in [0.15, 0.2) is 0 Å². The van der Waals surface area contributed by atoms with Gasteiger partial charge in [0.25, 0.3) is 5.91 Å². The topological polar surface area (TPSA) is 110 Å². The Kier molecular flexibility index (Phi) is 6.78. The van der Waals surface area contributed by atoms with E-state index in [-0.39, 0.29) is 15.1 Å². The zero-order chi connectivity index (χ0) is 22.1. The Hall–Kier alpha value is -2.05. The van der Waals surface area contributed by atoms with Gasteiger partial charge in [-0.3, -0.25) is 14.5 Å². The Balaban J connectivity index is 1.74. The SMILES string of the molecule is CC(C(=O)Nc1ccc(S(N)(=O)=O)cc1)N1C(=O)/C(=C/c2cccc(Br)c2)SC1=S. The number of primary sulfonamides is 1. The molecule has 0 aromatic heterocycles. The molecule has 3 rings (SSSR count). The number of nitrogens with zero attached hydrogens (tertiary/aromatic N) is 1. The fourth-order valence-electron chi connectivity index (χ4n) is 2.65. The summed E-state index contributed by atoms with van der Waals surface area (Å²) in [5.41, 5.74) is 1.20. The number of halogens is 1. The number of carbonyl (C=O) groups is 2. The third kappa shape index (κ3) is 5.16. The second-order valence-corrected chi connectivity index (χ2v) is 10.5. The first-order valence-electron chi connectivity index (χ1n) is 8.52. The van der Waals surface area contributed by atoms with Gasteiger partial charge in [0.1, 0.15) is 10.4 Å². The maximum absolute atomic E-state index is 12.8. The Morgan fingerprint density at radius 3 is 2.53 bits per heavy atom. The second-order valence-electron chi connectivity index (χ2n) is 6.34. The smallest absolute Gasteiger partial charge is 0.266 e. The van der Waals surface area contributed by atoms with Crippen LogP contribution in [0.4, 0.5) is 5.69 Å². The fourth-order valence-corrected chi connectivity index (χ4v) is 5.00. The van der Waals surface area contributed by atoms with Gasteiger partial charge in [-0.25, -0.2) is 13.6 Å². The van der Waals surface area contributed by atoms with Gasteiger partial charge < -0.3 is 5.32 Å². The fraction of sp³-hybridized carbons (Fsp3) is 0.105. The number of sulfonamides is 1. The minimum absolute atomic E-state index is 0.0665. The van der Waals surface area contributed by atoms with Crippen molar-refractivity contribution < 1.29 is 18.0 Å². The molecule has 1 heterocycles. The molecule has 2 amide bonds. The van der Waals surface area contributed by atoms with Gasteiger partial charge in [0, 0.05) is 10.2 Å². The van der Waals surface area contributed by atoms with E-state index in [2.05, 4.69) is 21.2 Å². The first-order valence-corrected chi connectivity index (χ1v) is 12.1. The quantitative estimate of drug-likeness (QED) is 0.457. The molecule has 2 aromatic rings. The van der Waals surface area contributed by atoms with E-state index in [0.717, 1.165) is 21.8 Å². The molecule has 1 fully saturated rings. The average molecular weight is 526 g/mol. The molecule has 0 bridgehead atoms. The van der Waals surface area contributed by atoms with Crippen LogP contribution < -0.4 is 10.5 Å². The molecule has 1 unspecified atom stereocenters. The molecule has 3 N–H and O–H groups in total. The Morgan fingerprint density at radius 2 is 1.93 bits per heavy atom. The molecule has 0 saturated carbocycles. The zero-order valence-electron chi connectivity index (χ0n) is 15.5. The van der Waals surface area contributed by atoms with Gasteiger partial charge in [-0.05, 0) is 55.0 Å². The molecule has 1 saturated heterocycles. The number of amides is 2. The predicted octanol–water partition coefficient (Wildman–Crippen LogP) is 3.32. The number of hydrogen-bond donors (Lipinski definition) is 2. The van der Waals surface area contributed by atoms with E-state index in [1.54, 1.807) is 13.0 Å². The zero-order valence-corrected chi connectivity index (χ0v) is 19.6. The van der Waals surface area contributed by atoms with Crippen molar-refractivity contribution in [2.75, 3.05) is 5.32 Å². The number of thioether (sulfide) groups is 1. The lowest BCUT2D eigenvalue weighted by molar-refractivity contribution is -0.129. The van der Waals surface area contributed by atoms with Crippen LogP contribution in [0.1, 0.15) is 12.5 Å². The summed E-state index contributed by atoms with van der Waals surface area (Å²) < 4.78 is 23.8. The lowest BCUT2D eigenvalue weighted by Gasteiger charge is -2.22. The molecular formula is C19H16BrN3O4S3. The van der Waals surface area contributed by atoms with Crippen molar-refractivity contribution >= 4 is 77.8 Å². The largest absolute Gasteiger partial charge is 0.324 e. The summed E-state index contributed by atoms with van der Waals surface area (Å²) in [6.45, 7) is 1.57. The van der Waals surface area contributed by atoms with Gasteiger partial charge in [-0.1, -0.05) is 52.0 Å². The van der Waals surface area contributed by atoms with Crippen molar-refractivity contribution in [1.29, 1.82) is 0 Å². The molecule has 30 heavy (non-hydrogen) atoms. The van der Waals surface area contributed by atoms with Crippen molar-refractivity contribution in [3.8, 4) is 0 Å². The highest BCUT2D eigenvalue weighted by Gasteiger charge is 2.38. The van der Waals surface area contributed by atoms with Gasteiger partial charge in [-0.15, -0.1) is 0 Å². The van der Waals surface area contributed by atoms with Gasteiger partial charge >= 0.3 is 0 Å². The minimum Gasteiger partial charge on any atom is -0.324 e. The molecule has 1 aliphatic heterocycles. The van der Waals surface area contributed by atoms with Crippen LogP contribution >= 0.6 is 39.9 Å². The van der Waals surface area contributed by atoms with Crippen LogP contribution in [0.5, 0.6) is 0 Å².